The summed E-state index contributed by atoms with van der Waals surface area (Å²) >= 11 is 0. The van der Waals surface area contributed by atoms with Crippen LogP contribution in [0.4, 0.5) is 17.1 Å². The summed E-state index contributed by atoms with van der Waals surface area (Å²) in [5.41, 5.74) is 20.4. The van der Waals surface area contributed by atoms with E-state index in [9.17, 15) is 0 Å². The first kappa shape index (κ1) is 41.1. The van der Waals surface area contributed by atoms with Crippen LogP contribution in [-0.4, -0.2) is 0 Å². The van der Waals surface area contributed by atoms with Gasteiger partial charge < -0.3 is 4.90 Å². The molecule has 63 heavy (non-hydrogen) atoms. The van der Waals surface area contributed by atoms with Crippen LogP contribution in [0.15, 0.2) is 152 Å². The minimum absolute atomic E-state index is 0.134. The zero-order chi connectivity index (χ0) is 44.1. The Morgan fingerprint density at radius 1 is 0.333 bits per heavy atom. The molecule has 2 aliphatic carbocycles. The van der Waals surface area contributed by atoms with Gasteiger partial charge in [0.1, 0.15) is 0 Å². The Morgan fingerprint density at radius 3 is 1.25 bits per heavy atom. The van der Waals surface area contributed by atoms with Gasteiger partial charge in [0.15, 0.2) is 0 Å². The maximum atomic E-state index is 2.53. The molecule has 0 amide bonds. The summed E-state index contributed by atoms with van der Waals surface area (Å²) in [7, 11) is 0. The number of benzene rings is 8. The van der Waals surface area contributed by atoms with Crippen molar-refractivity contribution < 1.29 is 0 Å². The molecule has 2 aliphatic rings. The summed E-state index contributed by atoms with van der Waals surface area (Å²) in [5.74, 6) is 0. The molecule has 0 bridgehead atoms. The van der Waals surface area contributed by atoms with Gasteiger partial charge >= 0.3 is 0 Å². The predicted molar refractivity (Wildman–Crippen MR) is 272 cm³/mol. The van der Waals surface area contributed by atoms with Crippen molar-refractivity contribution in [1.29, 1.82) is 0 Å². The van der Waals surface area contributed by atoms with Gasteiger partial charge in [0.2, 0.25) is 0 Å². The minimum Gasteiger partial charge on any atom is -0.310 e. The van der Waals surface area contributed by atoms with Gasteiger partial charge in [-0.15, -0.1) is 0 Å². The molecule has 0 N–H and O–H groups in total. The van der Waals surface area contributed by atoms with E-state index in [2.05, 4.69) is 226 Å². The molecule has 0 aromatic heterocycles. The Labute approximate surface area is 376 Å². The molecule has 0 unspecified atom stereocenters. The lowest BCUT2D eigenvalue weighted by Crippen LogP contribution is -2.34. The quantitative estimate of drug-likeness (QED) is 0.151. The van der Waals surface area contributed by atoms with Crippen LogP contribution in [0, 0.1) is 13.8 Å². The fourth-order valence-electron chi connectivity index (χ4n) is 11.2. The number of hydrogen-bond acceptors (Lipinski definition) is 1. The third kappa shape index (κ3) is 7.09. The van der Waals surface area contributed by atoms with Gasteiger partial charge in [-0.05, 0) is 192 Å². The van der Waals surface area contributed by atoms with Crippen molar-refractivity contribution in [3.63, 3.8) is 0 Å². The van der Waals surface area contributed by atoms with E-state index in [1.54, 1.807) is 0 Å². The lowest BCUT2D eigenvalue weighted by molar-refractivity contribution is 0.332. The fraction of sp³-hybridized carbons (Fsp3) is 0.290. The lowest BCUT2D eigenvalue weighted by Gasteiger charge is -2.42. The molecule has 0 aliphatic heterocycles. The molecule has 10 rings (SSSR count). The molecule has 0 spiro atoms. The average molecular weight is 822 g/mol. The molecule has 8 aromatic rings. The molecule has 1 heteroatoms. The average Bonchev–Trinajstić information content (AvgIpc) is 3.27. The second-order valence-corrected chi connectivity index (χ2v) is 21.6. The van der Waals surface area contributed by atoms with Crippen molar-refractivity contribution in [3.05, 3.63) is 185 Å². The second kappa shape index (κ2) is 14.8. The molecule has 0 saturated heterocycles. The summed E-state index contributed by atoms with van der Waals surface area (Å²) in [5, 5.41) is 5.13. The fourth-order valence-corrected chi connectivity index (χ4v) is 11.2. The first-order chi connectivity index (χ1) is 30.0. The molecular weight excluding hydrogens is 759 g/mol. The van der Waals surface area contributed by atoms with E-state index in [0.717, 1.165) is 17.1 Å². The van der Waals surface area contributed by atoms with Crippen LogP contribution in [0.2, 0.25) is 0 Å². The molecular formula is C62H63N. The van der Waals surface area contributed by atoms with Crippen LogP contribution in [0.25, 0.3) is 54.9 Å². The van der Waals surface area contributed by atoms with Gasteiger partial charge in [0.25, 0.3) is 0 Å². The SMILES string of the molecule is Cc1cc2c(cc1-c1cccc(N(c3ccc(-c4cc5ccccc5c5ccccc45)cc3)c3cccc(-c4cc5c(cc4C)C(C)(C)CCC5(C)C)c3)c1)C(C)(C)CCC2(C)C. The number of nitrogens with zero attached hydrogens (tertiary/aromatic N) is 1. The Hall–Kier alpha value is -5.92. The normalized spacial score (nSPS) is 17.0. The van der Waals surface area contributed by atoms with E-state index >= 15 is 0 Å². The summed E-state index contributed by atoms with van der Waals surface area (Å²) in [6.07, 6.45) is 4.82. The predicted octanol–water partition coefficient (Wildman–Crippen LogP) is 17.8. The van der Waals surface area contributed by atoms with E-state index in [1.165, 1.54) is 114 Å². The maximum absolute atomic E-state index is 2.53. The van der Waals surface area contributed by atoms with Crippen molar-refractivity contribution in [2.45, 2.75) is 117 Å². The van der Waals surface area contributed by atoms with Crippen LogP contribution in [0.3, 0.4) is 0 Å². The topological polar surface area (TPSA) is 3.24 Å². The molecule has 8 aromatic carbocycles. The molecule has 1 nitrogen and oxygen atoms in total. The van der Waals surface area contributed by atoms with E-state index in [4.69, 9.17) is 0 Å². The maximum Gasteiger partial charge on any atom is 0.0467 e. The van der Waals surface area contributed by atoms with Crippen LogP contribution in [0.5, 0.6) is 0 Å². The monoisotopic (exact) mass is 821 g/mol. The zero-order valence-electron chi connectivity index (χ0n) is 39.2. The van der Waals surface area contributed by atoms with Crippen molar-refractivity contribution in [1.82, 2.24) is 0 Å². The van der Waals surface area contributed by atoms with Crippen molar-refractivity contribution >= 4 is 38.6 Å². The third-order valence-electron chi connectivity index (χ3n) is 15.4. The Morgan fingerprint density at radius 2 is 0.762 bits per heavy atom. The highest BCUT2D eigenvalue weighted by atomic mass is 15.1. The highest BCUT2D eigenvalue weighted by molar-refractivity contribution is 6.13. The zero-order valence-corrected chi connectivity index (χ0v) is 39.2. The standard InChI is InChI=1S/C62H63N/c1-40-33-55-57(61(7,8)31-29-59(55,3)4)38-52(40)43-18-15-20-47(35-43)63(46-27-25-42(26-28-46)54-37-45-17-11-12-22-49(45)50-23-13-14-24-51(50)54)48-21-16-19-44(36-48)53-39-58-56(34-41(53)2)60(5,6)30-32-62(58,9)10/h11-28,33-39H,29-32H2,1-10H3. The van der Waals surface area contributed by atoms with E-state index < -0.39 is 0 Å². The summed E-state index contributed by atoms with van der Waals surface area (Å²) < 4.78 is 0. The van der Waals surface area contributed by atoms with Gasteiger partial charge in [-0.3, -0.25) is 0 Å². The van der Waals surface area contributed by atoms with Crippen molar-refractivity contribution in [3.8, 4) is 33.4 Å². The second-order valence-electron chi connectivity index (χ2n) is 21.6. The van der Waals surface area contributed by atoms with Gasteiger partial charge in [0.05, 0.1) is 0 Å². The van der Waals surface area contributed by atoms with Crippen LogP contribution >= 0.6 is 0 Å². The smallest absolute Gasteiger partial charge is 0.0467 e. The van der Waals surface area contributed by atoms with E-state index in [0.29, 0.717) is 0 Å². The summed E-state index contributed by atoms with van der Waals surface area (Å²) in [6.45, 7) is 24.0. The van der Waals surface area contributed by atoms with Crippen LogP contribution in [0.1, 0.15) is 114 Å². The molecule has 0 saturated carbocycles. The van der Waals surface area contributed by atoms with Crippen molar-refractivity contribution in [2.75, 3.05) is 4.90 Å². The van der Waals surface area contributed by atoms with Gasteiger partial charge in [-0.1, -0.05) is 165 Å². The largest absolute Gasteiger partial charge is 0.310 e. The molecule has 316 valence electrons. The lowest BCUT2D eigenvalue weighted by atomic mass is 9.62. The summed E-state index contributed by atoms with van der Waals surface area (Å²) in [4.78, 5) is 2.47. The van der Waals surface area contributed by atoms with Crippen LogP contribution < -0.4 is 4.90 Å². The van der Waals surface area contributed by atoms with Gasteiger partial charge in [0, 0.05) is 17.1 Å². The minimum atomic E-state index is 0.134. The van der Waals surface area contributed by atoms with E-state index in [-0.39, 0.29) is 21.7 Å². The molecule has 0 fully saturated rings. The third-order valence-corrected chi connectivity index (χ3v) is 15.4. The highest BCUT2D eigenvalue weighted by Crippen LogP contribution is 2.50. The Bertz CT molecular complexity index is 2950. The number of aryl methyl sites for hydroxylation is 2. The Kier molecular flexibility index (Phi) is 9.68. The number of anilines is 3. The Balaban J connectivity index is 1.13. The van der Waals surface area contributed by atoms with Crippen LogP contribution in [-0.2, 0) is 21.7 Å². The van der Waals surface area contributed by atoms with Crippen molar-refractivity contribution in [2.24, 2.45) is 0 Å². The molecule has 0 atom stereocenters. The van der Waals surface area contributed by atoms with Gasteiger partial charge in [-0.25, -0.2) is 0 Å². The highest BCUT2D eigenvalue weighted by Gasteiger charge is 2.39. The van der Waals surface area contributed by atoms with E-state index in [1.807, 2.05) is 0 Å². The molecule has 0 radical (unpaired) electrons. The first-order valence-electron chi connectivity index (χ1n) is 23.3. The van der Waals surface area contributed by atoms with Gasteiger partial charge in [-0.2, -0.15) is 0 Å². The number of hydrogen-bond donors (Lipinski definition) is 0. The molecule has 0 heterocycles. The first-order valence-corrected chi connectivity index (χ1v) is 23.3. The number of fused-ring (bicyclic) bond motifs is 5. The number of rotatable bonds is 6. The summed E-state index contributed by atoms with van der Waals surface area (Å²) in [6, 6.07) is 57.8.